The molecule has 0 aliphatic heterocycles. The van der Waals surface area contributed by atoms with Crippen molar-refractivity contribution in [3.8, 4) is 5.75 Å². The van der Waals surface area contributed by atoms with Crippen LogP contribution in [-0.2, 0) is 0 Å². The zero-order valence-electron chi connectivity index (χ0n) is 11.1. The average Bonchev–Trinajstić information content (AvgIpc) is 2.90. The SMILES string of the molecule is CNCC(C)C(Oc1cccc(Cl)c1)c1ccco1. The third kappa shape index (κ3) is 3.75. The molecule has 0 aliphatic carbocycles. The van der Waals surface area contributed by atoms with Crippen LogP contribution in [0.4, 0.5) is 0 Å². The van der Waals surface area contributed by atoms with Crippen molar-refractivity contribution in [1.82, 2.24) is 5.32 Å². The van der Waals surface area contributed by atoms with E-state index in [-0.39, 0.29) is 12.0 Å². The first-order valence-corrected chi connectivity index (χ1v) is 6.68. The van der Waals surface area contributed by atoms with Crippen LogP contribution in [0.3, 0.4) is 0 Å². The predicted octanol–water partition coefficient (Wildman–Crippen LogP) is 3.91. The number of rotatable bonds is 6. The number of ether oxygens (including phenoxy) is 1. The molecule has 0 fully saturated rings. The highest BCUT2D eigenvalue weighted by Crippen LogP contribution is 2.29. The van der Waals surface area contributed by atoms with Gasteiger partial charge in [-0.05, 0) is 37.4 Å². The minimum Gasteiger partial charge on any atom is -0.482 e. The Kier molecular flexibility index (Phi) is 4.88. The van der Waals surface area contributed by atoms with Crippen LogP contribution in [0.2, 0.25) is 5.02 Å². The van der Waals surface area contributed by atoms with E-state index in [4.69, 9.17) is 20.8 Å². The molecule has 0 aliphatic rings. The van der Waals surface area contributed by atoms with Crippen molar-refractivity contribution in [2.75, 3.05) is 13.6 Å². The molecule has 1 aromatic heterocycles. The number of nitrogens with one attached hydrogen (secondary N) is 1. The Morgan fingerprint density at radius 3 is 2.79 bits per heavy atom. The number of benzene rings is 1. The van der Waals surface area contributed by atoms with E-state index < -0.39 is 0 Å². The summed E-state index contributed by atoms with van der Waals surface area (Å²) in [6.07, 6.45) is 1.52. The van der Waals surface area contributed by atoms with Crippen LogP contribution in [0, 0.1) is 5.92 Å². The lowest BCUT2D eigenvalue weighted by Gasteiger charge is -2.23. The van der Waals surface area contributed by atoms with E-state index in [1.165, 1.54) is 0 Å². The van der Waals surface area contributed by atoms with Gasteiger partial charge in [0.2, 0.25) is 0 Å². The van der Waals surface area contributed by atoms with Gasteiger partial charge in [0, 0.05) is 17.5 Å². The molecule has 2 aromatic rings. The van der Waals surface area contributed by atoms with Crippen LogP contribution in [0.5, 0.6) is 5.75 Å². The summed E-state index contributed by atoms with van der Waals surface area (Å²) in [5.74, 6) is 1.84. The average molecular weight is 280 g/mol. The van der Waals surface area contributed by atoms with Crippen LogP contribution >= 0.6 is 11.6 Å². The fraction of sp³-hybridized carbons (Fsp3) is 0.333. The fourth-order valence-electron chi connectivity index (χ4n) is 2.02. The summed E-state index contributed by atoms with van der Waals surface area (Å²) in [6.45, 7) is 2.96. The van der Waals surface area contributed by atoms with Crippen LogP contribution in [-0.4, -0.2) is 13.6 Å². The Labute approximate surface area is 118 Å². The Bertz CT molecular complexity index is 499. The van der Waals surface area contributed by atoms with Crippen LogP contribution < -0.4 is 10.1 Å². The predicted molar refractivity (Wildman–Crippen MR) is 76.6 cm³/mol. The minimum atomic E-state index is -0.138. The molecule has 0 saturated carbocycles. The highest BCUT2D eigenvalue weighted by molar-refractivity contribution is 6.30. The first-order chi connectivity index (χ1) is 9.20. The zero-order valence-corrected chi connectivity index (χ0v) is 11.9. The van der Waals surface area contributed by atoms with Crippen LogP contribution in [0.25, 0.3) is 0 Å². The molecule has 2 atom stereocenters. The van der Waals surface area contributed by atoms with Gasteiger partial charge in [0.05, 0.1) is 6.26 Å². The number of hydrogen-bond donors (Lipinski definition) is 1. The Morgan fingerprint density at radius 2 is 2.16 bits per heavy atom. The second-order valence-electron chi connectivity index (χ2n) is 4.55. The Morgan fingerprint density at radius 1 is 1.32 bits per heavy atom. The number of hydrogen-bond acceptors (Lipinski definition) is 3. The van der Waals surface area contributed by atoms with Gasteiger partial charge < -0.3 is 14.5 Å². The van der Waals surface area contributed by atoms with Gasteiger partial charge in [-0.15, -0.1) is 0 Å². The summed E-state index contributed by atoms with van der Waals surface area (Å²) in [7, 11) is 1.93. The maximum absolute atomic E-state index is 6.04. The molecule has 1 N–H and O–H groups in total. The summed E-state index contributed by atoms with van der Waals surface area (Å²) < 4.78 is 11.5. The third-order valence-corrected chi connectivity index (χ3v) is 3.16. The van der Waals surface area contributed by atoms with Gasteiger partial charge in [0.25, 0.3) is 0 Å². The number of halogens is 1. The Balaban J connectivity index is 2.18. The fourth-order valence-corrected chi connectivity index (χ4v) is 2.20. The molecular formula is C15H18ClNO2. The molecule has 3 nitrogen and oxygen atoms in total. The second kappa shape index (κ2) is 6.64. The molecule has 0 radical (unpaired) electrons. The van der Waals surface area contributed by atoms with Crippen LogP contribution in [0.15, 0.2) is 47.1 Å². The second-order valence-corrected chi connectivity index (χ2v) is 4.98. The third-order valence-electron chi connectivity index (χ3n) is 2.93. The molecule has 0 saturated heterocycles. The van der Waals surface area contributed by atoms with E-state index in [0.717, 1.165) is 18.1 Å². The van der Waals surface area contributed by atoms with Crippen molar-refractivity contribution in [3.63, 3.8) is 0 Å². The van der Waals surface area contributed by atoms with Crippen molar-refractivity contribution in [2.24, 2.45) is 5.92 Å². The quantitative estimate of drug-likeness (QED) is 0.871. The molecule has 2 unspecified atom stereocenters. The molecule has 0 spiro atoms. The topological polar surface area (TPSA) is 34.4 Å². The van der Waals surface area contributed by atoms with Gasteiger partial charge in [-0.1, -0.05) is 24.6 Å². The molecule has 1 aromatic carbocycles. The van der Waals surface area contributed by atoms with E-state index >= 15 is 0 Å². The first kappa shape index (κ1) is 14.0. The van der Waals surface area contributed by atoms with E-state index in [2.05, 4.69) is 12.2 Å². The van der Waals surface area contributed by atoms with Crippen molar-refractivity contribution in [3.05, 3.63) is 53.4 Å². The lowest BCUT2D eigenvalue weighted by molar-refractivity contribution is 0.119. The largest absolute Gasteiger partial charge is 0.482 e. The highest BCUT2D eigenvalue weighted by atomic mass is 35.5. The van der Waals surface area contributed by atoms with Gasteiger partial charge in [-0.2, -0.15) is 0 Å². The molecule has 0 bridgehead atoms. The summed E-state index contributed by atoms with van der Waals surface area (Å²) in [5.41, 5.74) is 0. The molecule has 2 rings (SSSR count). The molecule has 19 heavy (non-hydrogen) atoms. The van der Waals surface area contributed by atoms with E-state index in [1.807, 2.05) is 43.4 Å². The van der Waals surface area contributed by atoms with Gasteiger partial charge in [-0.25, -0.2) is 0 Å². The van der Waals surface area contributed by atoms with E-state index in [1.54, 1.807) is 6.26 Å². The summed E-state index contributed by atoms with van der Waals surface area (Å²) in [6, 6.07) is 11.2. The van der Waals surface area contributed by atoms with Gasteiger partial charge >= 0.3 is 0 Å². The van der Waals surface area contributed by atoms with Crippen molar-refractivity contribution >= 4 is 11.6 Å². The first-order valence-electron chi connectivity index (χ1n) is 6.31. The lowest BCUT2D eigenvalue weighted by atomic mass is 10.0. The normalized spacial score (nSPS) is 14.1. The van der Waals surface area contributed by atoms with Crippen molar-refractivity contribution in [2.45, 2.75) is 13.0 Å². The van der Waals surface area contributed by atoms with Gasteiger partial charge in [-0.3, -0.25) is 0 Å². The van der Waals surface area contributed by atoms with Crippen molar-refractivity contribution < 1.29 is 9.15 Å². The van der Waals surface area contributed by atoms with Gasteiger partial charge in [0.1, 0.15) is 11.5 Å². The standard InChI is InChI=1S/C15H18ClNO2/c1-11(10-17-2)15(14-7-4-8-18-14)19-13-6-3-5-12(16)9-13/h3-9,11,15,17H,10H2,1-2H3. The maximum atomic E-state index is 6.04. The van der Waals surface area contributed by atoms with E-state index in [0.29, 0.717) is 5.02 Å². The van der Waals surface area contributed by atoms with E-state index in [9.17, 15) is 0 Å². The molecule has 0 amide bonds. The van der Waals surface area contributed by atoms with Gasteiger partial charge in [0.15, 0.2) is 6.10 Å². The smallest absolute Gasteiger partial charge is 0.160 e. The highest BCUT2D eigenvalue weighted by Gasteiger charge is 2.23. The van der Waals surface area contributed by atoms with Crippen molar-refractivity contribution in [1.29, 1.82) is 0 Å². The number of furan rings is 1. The molecule has 1 heterocycles. The minimum absolute atomic E-state index is 0.138. The Hall–Kier alpha value is -1.45. The zero-order chi connectivity index (χ0) is 13.7. The van der Waals surface area contributed by atoms with Crippen LogP contribution in [0.1, 0.15) is 18.8 Å². The summed E-state index contributed by atoms with van der Waals surface area (Å²) in [4.78, 5) is 0. The molecular weight excluding hydrogens is 262 g/mol. The lowest BCUT2D eigenvalue weighted by Crippen LogP contribution is -2.25. The summed E-state index contributed by atoms with van der Waals surface area (Å²) >= 11 is 5.98. The molecule has 4 heteroatoms. The monoisotopic (exact) mass is 279 g/mol. The summed E-state index contributed by atoms with van der Waals surface area (Å²) in [5, 5.41) is 3.82. The maximum Gasteiger partial charge on any atom is 0.160 e. The molecule has 102 valence electrons.